The summed E-state index contributed by atoms with van der Waals surface area (Å²) in [5, 5.41) is 3.55. The Hall–Kier alpha value is -2.44. The van der Waals surface area contributed by atoms with Gasteiger partial charge < -0.3 is 14.6 Å². The van der Waals surface area contributed by atoms with Gasteiger partial charge in [-0.2, -0.15) is 0 Å². The Morgan fingerprint density at radius 1 is 1.33 bits per heavy atom. The zero-order valence-corrected chi connectivity index (χ0v) is 13.5. The lowest BCUT2D eigenvalue weighted by molar-refractivity contribution is 0.0551. The summed E-state index contributed by atoms with van der Waals surface area (Å²) >= 11 is 5.85. The molecule has 4 rings (SSSR count). The molecule has 0 aliphatic carbocycles. The molecule has 1 amide bonds. The van der Waals surface area contributed by atoms with E-state index in [1.54, 1.807) is 30.5 Å². The smallest absolute Gasteiger partial charge is 0.251 e. The van der Waals surface area contributed by atoms with Crippen LogP contribution in [0.4, 0.5) is 0 Å². The van der Waals surface area contributed by atoms with Gasteiger partial charge in [-0.15, -0.1) is 0 Å². The van der Waals surface area contributed by atoms with Gasteiger partial charge in [-0.05, 0) is 36.4 Å². The molecule has 0 bridgehead atoms. The van der Waals surface area contributed by atoms with Crippen LogP contribution >= 0.6 is 11.6 Å². The number of nitrogens with zero attached hydrogens (tertiary/aromatic N) is 3. The number of nitrogens with one attached hydrogen (secondary N) is 1. The number of hydrogen-bond acceptors (Lipinski definition) is 4. The summed E-state index contributed by atoms with van der Waals surface area (Å²) in [7, 11) is 0. The molecular weight excluding hydrogens is 328 g/mol. The standard InChI is InChI=1S/C17H15ClN4O2/c18-12-5-3-11(4-6-12)17(23)20-8-13-9-24-10-15-21-14-2-1-7-19-16(14)22(13)15/h1-7,13H,8-10H2,(H,20,23)/t13-/m0/s1. The highest BCUT2D eigenvalue weighted by Gasteiger charge is 2.25. The van der Waals surface area contributed by atoms with Gasteiger partial charge in [0.15, 0.2) is 5.65 Å². The van der Waals surface area contributed by atoms with Crippen LogP contribution in [0.2, 0.25) is 5.02 Å². The van der Waals surface area contributed by atoms with E-state index in [2.05, 4.69) is 19.9 Å². The third-order valence-electron chi connectivity index (χ3n) is 4.03. The van der Waals surface area contributed by atoms with Crippen molar-refractivity contribution in [2.24, 2.45) is 0 Å². The first-order valence-corrected chi connectivity index (χ1v) is 8.03. The Labute approximate surface area is 143 Å². The Kier molecular flexibility index (Phi) is 3.92. The number of hydrogen-bond donors (Lipinski definition) is 1. The first-order chi connectivity index (χ1) is 11.7. The maximum absolute atomic E-state index is 12.3. The number of rotatable bonds is 3. The third-order valence-corrected chi connectivity index (χ3v) is 4.29. The lowest BCUT2D eigenvalue weighted by Crippen LogP contribution is -2.35. The van der Waals surface area contributed by atoms with E-state index in [4.69, 9.17) is 16.3 Å². The summed E-state index contributed by atoms with van der Waals surface area (Å²) in [6.07, 6.45) is 1.75. The predicted molar refractivity (Wildman–Crippen MR) is 90.0 cm³/mol. The number of ether oxygens (including phenoxy) is 1. The first kappa shape index (κ1) is 15.1. The molecule has 3 heterocycles. The van der Waals surface area contributed by atoms with E-state index in [0.29, 0.717) is 30.3 Å². The number of halogens is 1. The molecule has 7 heteroatoms. The van der Waals surface area contributed by atoms with E-state index in [1.165, 1.54) is 0 Å². The van der Waals surface area contributed by atoms with Gasteiger partial charge in [-0.25, -0.2) is 9.97 Å². The Morgan fingerprint density at radius 3 is 3.00 bits per heavy atom. The van der Waals surface area contributed by atoms with Crippen LogP contribution in [0.25, 0.3) is 11.2 Å². The SMILES string of the molecule is O=C(NC[C@H]1COCc2nc3cccnc3n21)c1ccc(Cl)cc1. The summed E-state index contributed by atoms with van der Waals surface area (Å²) < 4.78 is 7.67. The summed E-state index contributed by atoms with van der Waals surface area (Å²) in [6.45, 7) is 1.41. The van der Waals surface area contributed by atoms with E-state index in [0.717, 1.165) is 17.0 Å². The quantitative estimate of drug-likeness (QED) is 0.794. The summed E-state index contributed by atoms with van der Waals surface area (Å²) in [6, 6.07) is 10.6. The molecule has 0 fully saturated rings. The molecule has 2 aromatic heterocycles. The van der Waals surface area contributed by atoms with Crippen LogP contribution in [0.15, 0.2) is 42.6 Å². The Bertz CT molecular complexity index is 891. The molecule has 24 heavy (non-hydrogen) atoms. The number of pyridine rings is 1. The number of carbonyl (C=O) groups is 1. The maximum atomic E-state index is 12.3. The zero-order valence-electron chi connectivity index (χ0n) is 12.8. The fraction of sp³-hybridized carbons (Fsp3) is 0.235. The fourth-order valence-corrected chi connectivity index (χ4v) is 3.01. The molecular formula is C17H15ClN4O2. The zero-order chi connectivity index (χ0) is 16.5. The molecule has 1 atom stereocenters. The molecule has 0 unspecified atom stereocenters. The number of amides is 1. The van der Waals surface area contributed by atoms with Crippen LogP contribution in [0, 0.1) is 0 Å². The van der Waals surface area contributed by atoms with E-state index in [-0.39, 0.29) is 11.9 Å². The van der Waals surface area contributed by atoms with Crippen molar-refractivity contribution in [3.8, 4) is 0 Å². The molecule has 1 aromatic carbocycles. The second-order valence-electron chi connectivity index (χ2n) is 5.63. The molecule has 0 saturated carbocycles. The maximum Gasteiger partial charge on any atom is 0.251 e. The van der Waals surface area contributed by atoms with Crippen LogP contribution < -0.4 is 5.32 Å². The van der Waals surface area contributed by atoms with Crippen molar-refractivity contribution in [2.45, 2.75) is 12.6 Å². The molecule has 1 aliphatic rings. The van der Waals surface area contributed by atoms with Crippen LogP contribution in [0.1, 0.15) is 22.2 Å². The third kappa shape index (κ3) is 2.74. The summed E-state index contributed by atoms with van der Waals surface area (Å²) in [5.74, 6) is 0.692. The number of aromatic nitrogens is 3. The molecule has 3 aromatic rings. The molecule has 0 spiro atoms. The summed E-state index contributed by atoms with van der Waals surface area (Å²) in [4.78, 5) is 21.2. The highest BCUT2D eigenvalue weighted by atomic mass is 35.5. The van der Waals surface area contributed by atoms with E-state index in [9.17, 15) is 4.79 Å². The highest BCUT2D eigenvalue weighted by molar-refractivity contribution is 6.30. The molecule has 122 valence electrons. The molecule has 1 aliphatic heterocycles. The number of imidazole rings is 1. The lowest BCUT2D eigenvalue weighted by atomic mass is 10.2. The fourth-order valence-electron chi connectivity index (χ4n) is 2.89. The molecule has 0 saturated heterocycles. The van der Waals surface area contributed by atoms with Gasteiger partial charge in [0.2, 0.25) is 0 Å². The Balaban J connectivity index is 1.54. The topological polar surface area (TPSA) is 69.0 Å². The molecule has 0 radical (unpaired) electrons. The van der Waals surface area contributed by atoms with E-state index in [1.807, 2.05) is 12.1 Å². The average Bonchev–Trinajstić information content (AvgIpc) is 2.99. The molecule has 1 N–H and O–H groups in total. The van der Waals surface area contributed by atoms with Crippen LogP contribution in [-0.2, 0) is 11.3 Å². The number of benzene rings is 1. The van der Waals surface area contributed by atoms with Gasteiger partial charge in [-0.1, -0.05) is 11.6 Å². The van der Waals surface area contributed by atoms with Gasteiger partial charge in [-0.3, -0.25) is 4.79 Å². The van der Waals surface area contributed by atoms with Crippen molar-refractivity contribution in [3.63, 3.8) is 0 Å². The summed E-state index contributed by atoms with van der Waals surface area (Å²) in [5.41, 5.74) is 2.23. The van der Waals surface area contributed by atoms with Crippen molar-refractivity contribution >= 4 is 28.7 Å². The van der Waals surface area contributed by atoms with E-state index < -0.39 is 0 Å². The average molecular weight is 343 g/mol. The van der Waals surface area contributed by atoms with Gasteiger partial charge in [0.25, 0.3) is 5.91 Å². The van der Waals surface area contributed by atoms with Crippen molar-refractivity contribution < 1.29 is 9.53 Å². The van der Waals surface area contributed by atoms with Crippen molar-refractivity contribution in [2.75, 3.05) is 13.2 Å². The minimum absolute atomic E-state index is 0.0371. The van der Waals surface area contributed by atoms with Gasteiger partial charge in [0, 0.05) is 23.3 Å². The predicted octanol–water partition coefficient (Wildman–Crippen LogP) is 2.59. The van der Waals surface area contributed by atoms with Gasteiger partial charge in [0.1, 0.15) is 17.9 Å². The van der Waals surface area contributed by atoms with Gasteiger partial charge >= 0.3 is 0 Å². The van der Waals surface area contributed by atoms with Gasteiger partial charge in [0.05, 0.1) is 12.6 Å². The number of fused-ring (bicyclic) bond motifs is 3. The first-order valence-electron chi connectivity index (χ1n) is 7.66. The van der Waals surface area contributed by atoms with E-state index >= 15 is 0 Å². The largest absolute Gasteiger partial charge is 0.371 e. The minimum atomic E-state index is -0.142. The monoisotopic (exact) mass is 342 g/mol. The van der Waals surface area contributed by atoms with Crippen molar-refractivity contribution in [3.05, 3.63) is 59.0 Å². The second-order valence-corrected chi connectivity index (χ2v) is 6.07. The normalized spacial score (nSPS) is 16.8. The van der Waals surface area contributed by atoms with Crippen LogP contribution in [0.3, 0.4) is 0 Å². The van der Waals surface area contributed by atoms with Crippen LogP contribution in [0.5, 0.6) is 0 Å². The van der Waals surface area contributed by atoms with Crippen molar-refractivity contribution in [1.82, 2.24) is 19.9 Å². The minimum Gasteiger partial charge on any atom is -0.371 e. The van der Waals surface area contributed by atoms with Crippen LogP contribution in [-0.4, -0.2) is 33.6 Å². The molecule has 6 nitrogen and oxygen atoms in total. The number of carbonyl (C=O) groups excluding carboxylic acids is 1. The lowest BCUT2D eigenvalue weighted by Gasteiger charge is -2.25. The van der Waals surface area contributed by atoms with Crippen molar-refractivity contribution in [1.29, 1.82) is 0 Å². The Morgan fingerprint density at radius 2 is 2.17 bits per heavy atom. The second kappa shape index (κ2) is 6.22. The highest BCUT2D eigenvalue weighted by Crippen LogP contribution is 2.24.